The number of halogens is 1. The Kier molecular flexibility index (Phi) is 5.65. The molecule has 34 heavy (non-hydrogen) atoms. The van der Waals surface area contributed by atoms with Crippen LogP contribution in [0.5, 0.6) is 0 Å². The molecule has 12 heteroatoms. The molecule has 1 aromatic carbocycles. The number of hydrogen-bond donors (Lipinski definition) is 2. The summed E-state index contributed by atoms with van der Waals surface area (Å²) in [6.45, 7) is -0.418. The minimum Gasteiger partial charge on any atom is -0.440 e. The molecule has 0 aliphatic heterocycles. The van der Waals surface area contributed by atoms with Crippen LogP contribution in [-0.2, 0) is 19.6 Å². The lowest BCUT2D eigenvalue weighted by Gasteiger charge is -2.57. The predicted octanol–water partition coefficient (Wildman–Crippen LogP) is 2.98. The van der Waals surface area contributed by atoms with Gasteiger partial charge < -0.3 is 18.9 Å². The SMILES string of the molecule is COCC(=O)NS(=O)(=O)c1ccc(C(=O)NC2CC3(C2)CC(c2nc4cc(Cl)ccc4o2)C3)o1. The second-order valence-corrected chi connectivity index (χ2v) is 11.0. The number of ether oxygens (including phenoxy) is 1. The Morgan fingerprint density at radius 1 is 1.18 bits per heavy atom. The monoisotopic (exact) mass is 507 g/mol. The highest BCUT2D eigenvalue weighted by Gasteiger charge is 2.54. The molecule has 0 saturated heterocycles. The fourth-order valence-electron chi connectivity index (χ4n) is 4.88. The van der Waals surface area contributed by atoms with E-state index in [2.05, 4.69) is 15.0 Å². The number of methoxy groups -OCH3 is 1. The third kappa shape index (κ3) is 4.30. The van der Waals surface area contributed by atoms with Gasteiger partial charge in [-0.2, -0.15) is 8.42 Å². The van der Waals surface area contributed by atoms with Gasteiger partial charge in [-0.05, 0) is 61.4 Å². The van der Waals surface area contributed by atoms with E-state index in [1.165, 1.54) is 13.2 Å². The molecular formula is C22H22ClN3O7S. The maximum atomic E-state index is 12.5. The molecule has 0 atom stereocenters. The molecule has 2 aliphatic carbocycles. The van der Waals surface area contributed by atoms with Gasteiger partial charge in [-0.15, -0.1) is 0 Å². The maximum absolute atomic E-state index is 12.5. The molecule has 0 bridgehead atoms. The zero-order valence-electron chi connectivity index (χ0n) is 18.2. The summed E-state index contributed by atoms with van der Waals surface area (Å²) in [6, 6.07) is 7.74. The molecule has 2 heterocycles. The molecule has 2 aromatic heterocycles. The Hall–Kier alpha value is -2.89. The van der Waals surface area contributed by atoms with Gasteiger partial charge in [0.05, 0.1) is 0 Å². The average Bonchev–Trinajstić information content (AvgIpc) is 3.35. The van der Waals surface area contributed by atoms with Crippen LogP contribution in [0.25, 0.3) is 11.1 Å². The van der Waals surface area contributed by atoms with Crippen molar-refractivity contribution in [3.8, 4) is 0 Å². The Labute approximate surface area is 200 Å². The van der Waals surface area contributed by atoms with E-state index in [0.29, 0.717) is 5.02 Å². The molecule has 2 amide bonds. The number of sulfonamides is 1. The third-order valence-electron chi connectivity index (χ3n) is 6.36. The molecule has 180 valence electrons. The van der Waals surface area contributed by atoms with Gasteiger partial charge in [0.15, 0.2) is 17.2 Å². The van der Waals surface area contributed by atoms with Crippen LogP contribution in [0.3, 0.4) is 0 Å². The van der Waals surface area contributed by atoms with Crippen molar-refractivity contribution in [1.29, 1.82) is 0 Å². The van der Waals surface area contributed by atoms with Crippen molar-refractivity contribution in [3.05, 3.63) is 47.0 Å². The maximum Gasteiger partial charge on any atom is 0.297 e. The largest absolute Gasteiger partial charge is 0.440 e. The van der Waals surface area contributed by atoms with Crippen molar-refractivity contribution < 1.29 is 31.6 Å². The highest BCUT2D eigenvalue weighted by molar-refractivity contribution is 7.89. The van der Waals surface area contributed by atoms with Crippen LogP contribution in [0.2, 0.25) is 5.02 Å². The molecule has 5 rings (SSSR count). The lowest BCUT2D eigenvalue weighted by molar-refractivity contribution is -0.122. The summed E-state index contributed by atoms with van der Waals surface area (Å²) >= 11 is 6.02. The number of furan rings is 1. The number of fused-ring (bicyclic) bond motifs is 1. The van der Waals surface area contributed by atoms with Gasteiger partial charge in [-0.3, -0.25) is 9.59 Å². The van der Waals surface area contributed by atoms with Gasteiger partial charge >= 0.3 is 0 Å². The van der Waals surface area contributed by atoms with Crippen molar-refractivity contribution in [3.63, 3.8) is 0 Å². The lowest BCUT2D eigenvalue weighted by Crippen LogP contribution is -2.55. The van der Waals surface area contributed by atoms with Gasteiger partial charge in [0, 0.05) is 24.1 Å². The smallest absolute Gasteiger partial charge is 0.297 e. The first kappa shape index (κ1) is 22.9. The van der Waals surface area contributed by atoms with Crippen molar-refractivity contribution >= 4 is 44.5 Å². The van der Waals surface area contributed by atoms with Crippen LogP contribution in [-0.4, -0.2) is 45.0 Å². The van der Waals surface area contributed by atoms with E-state index in [1.54, 1.807) is 12.1 Å². The van der Waals surface area contributed by atoms with E-state index in [1.807, 2.05) is 10.8 Å². The summed E-state index contributed by atoms with van der Waals surface area (Å²) in [5, 5.41) is 2.97. The number of hydrogen-bond acceptors (Lipinski definition) is 8. The van der Waals surface area contributed by atoms with E-state index >= 15 is 0 Å². The van der Waals surface area contributed by atoms with Gasteiger partial charge in [0.2, 0.25) is 5.09 Å². The predicted molar refractivity (Wildman–Crippen MR) is 120 cm³/mol. The van der Waals surface area contributed by atoms with Gasteiger partial charge in [0.25, 0.3) is 21.8 Å². The van der Waals surface area contributed by atoms with Crippen molar-refractivity contribution in [2.45, 2.75) is 42.7 Å². The zero-order chi connectivity index (χ0) is 24.1. The minimum atomic E-state index is -4.22. The van der Waals surface area contributed by atoms with Crippen LogP contribution < -0.4 is 10.0 Å². The lowest BCUT2D eigenvalue weighted by atomic mass is 9.50. The molecule has 2 fully saturated rings. The molecule has 0 radical (unpaired) electrons. The molecular weight excluding hydrogens is 486 g/mol. The molecule has 2 aliphatic rings. The second kappa shape index (κ2) is 8.40. The first-order valence-corrected chi connectivity index (χ1v) is 12.5. The summed E-state index contributed by atoms with van der Waals surface area (Å²) in [7, 11) is -2.96. The number of aromatic nitrogens is 1. The van der Waals surface area contributed by atoms with Crippen LogP contribution in [0, 0.1) is 5.41 Å². The highest BCUT2D eigenvalue weighted by atomic mass is 35.5. The van der Waals surface area contributed by atoms with Crippen molar-refractivity contribution in [2.24, 2.45) is 5.41 Å². The Morgan fingerprint density at radius 3 is 2.68 bits per heavy atom. The summed E-state index contributed by atoms with van der Waals surface area (Å²) in [5.41, 5.74) is 1.63. The summed E-state index contributed by atoms with van der Waals surface area (Å²) in [6.07, 6.45) is 3.51. The summed E-state index contributed by atoms with van der Waals surface area (Å²) in [5.74, 6) is -0.523. The number of nitrogens with one attached hydrogen (secondary N) is 2. The second-order valence-electron chi connectivity index (χ2n) is 8.93. The van der Waals surface area contributed by atoms with Crippen LogP contribution in [0.1, 0.15) is 48.0 Å². The average molecular weight is 508 g/mol. The number of carbonyl (C=O) groups excluding carboxylic acids is 2. The number of oxazole rings is 1. The molecule has 1 spiro atoms. The number of nitrogens with zero attached hydrogens (tertiary/aromatic N) is 1. The van der Waals surface area contributed by atoms with E-state index in [4.69, 9.17) is 20.4 Å². The van der Waals surface area contributed by atoms with Crippen LogP contribution in [0.4, 0.5) is 0 Å². The zero-order valence-corrected chi connectivity index (χ0v) is 19.7. The van der Waals surface area contributed by atoms with E-state index < -0.39 is 33.5 Å². The van der Waals surface area contributed by atoms with E-state index in [0.717, 1.165) is 48.7 Å². The van der Waals surface area contributed by atoms with Crippen LogP contribution in [0.15, 0.2) is 44.3 Å². The third-order valence-corrected chi connectivity index (χ3v) is 7.84. The highest BCUT2D eigenvalue weighted by Crippen LogP contribution is 2.61. The van der Waals surface area contributed by atoms with Gasteiger partial charge in [0.1, 0.15) is 12.1 Å². The first-order valence-electron chi connectivity index (χ1n) is 10.7. The van der Waals surface area contributed by atoms with E-state index in [9.17, 15) is 18.0 Å². The molecule has 10 nitrogen and oxygen atoms in total. The number of rotatable bonds is 7. The van der Waals surface area contributed by atoms with Crippen molar-refractivity contribution in [1.82, 2.24) is 15.0 Å². The fraction of sp³-hybridized carbons (Fsp3) is 0.409. The summed E-state index contributed by atoms with van der Waals surface area (Å²) in [4.78, 5) is 28.5. The molecule has 0 unspecified atom stereocenters. The standard InChI is InChI=1S/C22H22ClN3O7S/c1-31-11-18(27)26-34(29,30)19-5-4-17(32-19)20(28)24-14-9-22(10-14)7-12(8-22)21-25-15-6-13(23)2-3-16(15)33-21/h2-6,12,14H,7-11H2,1H3,(H,24,28)(H,26,27). The van der Waals surface area contributed by atoms with Crippen LogP contribution >= 0.6 is 11.6 Å². The molecule has 2 N–H and O–H groups in total. The Morgan fingerprint density at radius 2 is 1.94 bits per heavy atom. The number of amides is 2. The fourth-order valence-corrected chi connectivity index (χ4v) is 5.95. The Bertz CT molecular complexity index is 1370. The topological polar surface area (TPSA) is 141 Å². The Balaban J connectivity index is 1.13. The number of benzene rings is 1. The molecule has 3 aromatic rings. The quantitative estimate of drug-likeness (QED) is 0.497. The summed E-state index contributed by atoms with van der Waals surface area (Å²) < 4.78 is 41.8. The first-order chi connectivity index (χ1) is 16.2. The normalized spacial score (nSPS) is 23.9. The van der Waals surface area contributed by atoms with E-state index in [-0.39, 0.29) is 23.1 Å². The number of carbonyl (C=O) groups is 2. The van der Waals surface area contributed by atoms with Gasteiger partial charge in [-0.1, -0.05) is 11.6 Å². The van der Waals surface area contributed by atoms with Crippen molar-refractivity contribution in [2.75, 3.05) is 13.7 Å². The van der Waals surface area contributed by atoms with Gasteiger partial charge in [-0.25, -0.2) is 9.71 Å². The molecule has 2 saturated carbocycles. The minimum absolute atomic E-state index is 0.0255.